The molecule has 7 heteroatoms. The minimum atomic E-state index is -4.50. The number of rotatable bonds is 5. The summed E-state index contributed by atoms with van der Waals surface area (Å²) in [7, 11) is 0. The lowest BCUT2D eigenvalue weighted by Crippen LogP contribution is -2.36. The van der Waals surface area contributed by atoms with Gasteiger partial charge in [-0.05, 0) is 48.6 Å². The predicted octanol–water partition coefficient (Wildman–Crippen LogP) is 5.19. The first-order chi connectivity index (χ1) is 13.1. The van der Waals surface area contributed by atoms with Crippen LogP contribution in [0.1, 0.15) is 43.7 Å². The fraction of sp³-hybridized carbons (Fsp3) is 0.333. The van der Waals surface area contributed by atoms with Gasteiger partial charge in [-0.2, -0.15) is 13.2 Å². The van der Waals surface area contributed by atoms with Gasteiger partial charge in [0.2, 0.25) is 11.8 Å². The maximum Gasteiger partial charge on any atom is 0.416 e. The molecule has 0 heterocycles. The quantitative estimate of drug-likeness (QED) is 0.691. The third-order valence-electron chi connectivity index (χ3n) is 4.90. The number of nitrogens with one attached hydrogen (secondary N) is 2. The van der Waals surface area contributed by atoms with Crippen LogP contribution >= 0.6 is 0 Å². The molecule has 0 aliphatic heterocycles. The number of para-hydroxylation sites is 1. The third-order valence-corrected chi connectivity index (χ3v) is 4.90. The first-order valence-electron chi connectivity index (χ1n) is 9.02. The van der Waals surface area contributed by atoms with Crippen LogP contribution in [0.4, 0.5) is 24.5 Å². The molecule has 4 nitrogen and oxygen atoms in total. The molecule has 0 unspecified atom stereocenters. The molecular formula is C21H21F3N2O2. The Bertz CT molecular complexity index is 903. The molecule has 0 radical (unpaired) electrons. The summed E-state index contributed by atoms with van der Waals surface area (Å²) in [5.41, 5.74) is -0.504. The Labute approximate surface area is 161 Å². The first kappa shape index (κ1) is 19.9. The number of benzene rings is 2. The average Bonchev–Trinajstić information content (AvgIpc) is 3.43. The highest BCUT2D eigenvalue weighted by Crippen LogP contribution is 2.48. The van der Waals surface area contributed by atoms with Crippen LogP contribution in [0.5, 0.6) is 0 Å². The number of halogens is 3. The lowest BCUT2D eigenvalue weighted by atomic mass is 9.99. The van der Waals surface area contributed by atoms with E-state index in [9.17, 15) is 22.8 Å². The van der Waals surface area contributed by atoms with E-state index in [1.54, 1.807) is 12.1 Å². The Kier molecular flexibility index (Phi) is 5.19. The van der Waals surface area contributed by atoms with Gasteiger partial charge in [-0.3, -0.25) is 9.59 Å². The van der Waals surface area contributed by atoms with Crippen LogP contribution in [-0.2, 0) is 15.8 Å². The molecule has 0 atom stereocenters. The van der Waals surface area contributed by atoms with Crippen molar-refractivity contribution >= 4 is 23.2 Å². The van der Waals surface area contributed by atoms with Gasteiger partial charge in [-0.1, -0.05) is 38.1 Å². The average molecular weight is 390 g/mol. The van der Waals surface area contributed by atoms with E-state index in [-0.39, 0.29) is 11.6 Å². The number of anilines is 2. The van der Waals surface area contributed by atoms with Crippen LogP contribution < -0.4 is 10.6 Å². The minimum absolute atomic E-state index is 0.0153. The highest BCUT2D eigenvalue weighted by Gasteiger charge is 2.56. The number of alkyl halides is 3. The van der Waals surface area contributed by atoms with Gasteiger partial charge in [0, 0.05) is 11.4 Å². The van der Waals surface area contributed by atoms with E-state index in [0.717, 1.165) is 17.7 Å². The highest BCUT2D eigenvalue weighted by atomic mass is 19.4. The monoisotopic (exact) mass is 390 g/mol. The van der Waals surface area contributed by atoms with Crippen LogP contribution in [0, 0.1) is 5.41 Å². The Balaban J connectivity index is 1.75. The second kappa shape index (κ2) is 7.30. The second-order valence-electron chi connectivity index (χ2n) is 7.31. The van der Waals surface area contributed by atoms with Gasteiger partial charge in [0.05, 0.1) is 5.56 Å². The molecule has 2 aromatic rings. The van der Waals surface area contributed by atoms with Crippen molar-refractivity contribution in [1.82, 2.24) is 0 Å². The Morgan fingerprint density at radius 2 is 1.61 bits per heavy atom. The van der Waals surface area contributed by atoms with Crippen LogP contribution in [-0.4, -0.2) is 11.8 Å². The lowest BCUT2D eigenvalue weighted by Gasteiger charge is -2.18. The number of hydrogen-bond acceptors (Lipinski definition) is 2. The van der Waals surface area contributed by atoms with E-state index >= 15 is 0 Å². The summed E-state index contributed by atoms with van der Waals surface area (Å²) in [4.78, 5) is 25.4. The fourth-order valence-electron chi connectivity index (χ4n) is 3.06. The maximum atomic E-state index is 12.8. The normalized spacial score (nSPS) is 15.2. The summed E-state index contributed by atoms with van der Waals surface area (Å²) in [5, 5.41) is 5.28. The predicted molar refractivity (Wildman–Crippen MR) is 101 cm³/mol. The molecule has 1 saturated carbocycles. The van der Waals surface area contributed by atoms with Gasteiger partial charge in [-0.25, -0.2) is 0 Å². The molecule has 148 valence electrons. The first-order valence-corrected chi connectivity index (χ1v) is 9.02. The van der Waals surface area contributed by atoms with Gasteiger partial charge in [-0.15, -0.1) is 0 Å². The summed E-state index contributed by atoms with van der Waals surface area (Å²) in [6, 6.07) is 11.7. The summed E-state index contributed by atoms with van der Waals surface area (Å²) in [5.74, 6) is -0.845. The van der Waals surface area contributed by atoms with E-state index in [2.05, 4.69) is 10.6 Å². The van der Waals surface area contributed by atoms with E-state index in [1.165, 1.54) is 12.1 Å². The molecule has 0 aromatic heterocycles. The van der Waals surface area contributed by atoms with Gasteiger partial charge in [0.1, 0.15) is 5.41 Å². The number of amides is 2. The topological polar surface area (TPSA) is 58.2 Å². The Hall–Kier alpha value is -2.83. The van der Waals surface area contributed by atoms with Crippen molar-refractivity contribution in [3.05, 3.63) is 59.7 Å². The molecule has 1 aliphatic rings. The van der Waals surface area contributed by atoms with Crippen molar-refractivity contribution in [2.75, 3.05) is 10.6 Å². The van der Waals surface area contributed by atoms with Gasteiger partial charge in [0.15, 0.2) is 0 Å². The summed E-state index contributed by atoms with van der Waals surface area (Å²) in [6.07, 6.45) is -3.79. The summed E-state index contributed by atoms with van der Waals surface area (Å²) in [6.45, 7) is 4.00. The van der Waals surface area contributed by atoms with Crippen molar-refractivity contribution in [2.24, 2.45) is 5.41 Å². The smallest absolute Gasteiger partial charge is 0.325 e. The van der Waals surface area contributed by atoms with Crippen LogP contribution in [0.25, 0.3) is 0 Å². The molecule has 2 aromatic carbocycles. The van der Waals surface area contributed by atoms with E-state index in [1.807, 2.05) is 26.0 Å². The molecule has 2 amide bonds. The van der Waals surface area contributed by atoms with E-state index in [0.29, 0.717) is 18.5 Å². The van der Waals surface area contributed by atoms with Gasteiger partial charge < -0.3 is 10.6 Å². The Morgan fingerprint density at radius 3 is 2.21 bits per heavy atom. The zero-order valence-corrected chi connectivity index (χ0v) is 15.6. The maximum absolute atomic E-state index is 12.8. The van der Waals surface area contributed by atoms with Crippen molar-refractivity contribution in [3.63, 3.8) is 0 Å². The van der Waals surface area contributed by atoms with Crippen LogP contribution in [0.2, 0.25) is 0 Å². The molecule has 0 spiro atoms. The minimum Gasteiger partial charge on any atom is -0.325 e. The summed E-state index contributed by atoms with van der Waals surface area (Å²) < 4.78 is 38.5. The van der Waals surface area contributed by atoms with Crippen LogP contribution in [0.3, 0.4) is 0 Å². The largest absolute Gasteiger partial charge is 0.416 e. The number of carbonyl (C=O) groups is 2. The molecule has 1 aliphatic carbocycles. The molecule has 0 saturated heterocycles. The standard InChI is InChI=1S/C21H21F3N2O2/c1-13(2)16-8-3-4-9-17(16)26-19(28)20(10-11-20)18(27)25-15-7-5-6-14(12-15)21(22,23)24/h3-9,12-13H,10-11H2,1-2H3,(H,25,27)(H,26,28). The van der Waals surface area contributed by atoms with Gasteiger partial charge in [0.25, 0.3) is 0 Å². The van der Waals surface area contributed by atoms with Crippen molar-refractivity contribution in [1.29, 1.82) is 0 Å². The van der Waals surface area contributed by atoms with E-state index in [4.69, 9.17) is 0 Å². The molecule has 2 N–H and O–H groups in total. The summed E-state index contributed by atoms with van der Waals surface area (Å²) >= 11 is 0. The molecular weight excluding hydrogens is 369 g/mol. The molecule has 1 fully saturated rings. The van der Waals surface area contributed by atoms with Crippen molar-refractivity contribution in [3.8, 4) is 0 Å². The second-order valence-corrected chi connectivity index (χ2v) is 7.31. The highest BCUT2D eigenvalue weighted by molar-refractivity contribution is 6.17. The van der Waals surface area contributed by atoms with Crippen LogP contribution in [0.15, 0.2) is 48.5 Å². The number of hydrogen-bond donors (Lipinski definition) is 2. The molecule has 3 rings (SSSR count). The molecule has 28 heavy (non-hydrogen) atoms. The zero-order valence-electron chi connectivity index (χ0n) is 15.6. The third kappa shape index (κ3) is 4.03. The molecule has 0 bridgehead atoms. The van der Waals surface area contributed by atoms with Crippen molar-refractivity contribution in [2.45, 2.75) is 38.8 Å². The fourth-order valence-corrected chi connectivity index (χ4v) is 3.06. The zero-order chi connectivity index (χ0) is 20.5. The SMILES string of the molecule is CC(C)c1ccccc1NC(=O)C1(C(=O)Nc2cccc(C(F)(F)F)c2)CC1. The van der Waals surface area contributed by atoms with E-state index < -0.39 is 29.0 Å². The number of carbonyl (C=O) groups excluding carboxylic acids is 2. The lowest BCUT2D eigenvalue weighted by molar-refractivity contribution is -0.137. The van der Waals surface area contributed by atoms with Gasteiger partial charge >= 0.3 is 6.18 Å². The Morgan fingerprint density at radius 1 is 0.964 bits per heavy atom. The van der Waals surface area contributed by atoms with Crippen molar-refractivity contribution < 1.29 is 22.8 Å².